The Morgan fingerprint density at radius 3 is 1.65 bits per heavy atom. The number of carbonyl (C=O) groups excluding carboxylic acids is 3. The summed E-state index contributed by atoms with van der Waals surface area (Å²) >= 11 is 0. The fraction of sp³-hybridized carbons (Fsp3) is 0.812. The van der Waals surface area contributed by atoms with Gasteiger partial charge in [-0.15, -0.1) is 0 Å². The molecule has 15 heteroatoms. The minimum absolute atomic E-state index is 0.741. The smallest absolute Gasteiger partial charge is 0.434 e. The van der Waals surface area contributed by atoms with E-state index in [1.807, 2.05) is 0 Å². The van der Waals surface area contributed by atoms with Crippen LogP contribution in [0.1, 0.15) is 34.1 Å². The minimum atomic E-state index is -6.07. The first kappa shape index (κ1) is 28.8. The molecule has 0 amide bonds. The van der Waals surface area contributed by atoms with Crippen molar-refractivity contribution in [2.45, 2.75) is 64.3 Å². The third kappa shape index (κ3) is 10.6. The van der Waals surface area contributed by atoms with Gasteiger partial charge in [0.1, 0.15) is 5.60 Å². The summed E-state index contributed by atoms with van der Waals surface area (Å²) < 4.78 is 125. The molecule has 0 bridgehead atoms. The molecule has 0 aliphatic rings. The highest BCUT2D eigenvalue weighted by Gasteiger charge is 2.60. The summed E-state index contributed by atoms with van der Waals surface area (Å²) in [5.74, 6) is -9.05. The zero-order valence-electron chi connectivity index (χ0n) is 16.5. The molecule has 31 heavy (non-hydrogen) atoms. The van der Waals surface area contributed by atoms with Crippen LogP contribution in [0.4, 0.5) is 39.5 Å². The maximum atomic E-state index is 12.7. The van der Waals surface area contributed by atoms with Crippen molar-refractivity contribution in [2.24, 2.45) is 11.8 Å². The van der Waals surface area contributed by atoms with Crippen LogP contribution < -0.4 is 0 Å². The van der Waals surface area contributed by atoms with Gasteiger partial charge in [-0.3, -0.25) is 14.4 Å². The van der Waals surface area contributed by atoms with Gasteiger partial charge >= 0.3 is 36.4 Å². The molecule has 0 radical (unpaired) electrons. The number of hydrogen-bond acceptors (Lipinski definition) is 6. The lowest BCUT2D eigenvalue weighted by atomic mass is 9.84. The molecule has 0 saturated heterocycles. The molecule has 0 aromatic heterocycles. The van der Waals surface area contributed by atoms with E-state index >= 15 is 0 Å². The average Bonchev–Trinajstić information content (AvgIpc) is 2.50. The quantitative estimate of drug-likeness (QED) is 0.297. The SMILES string of the molecule is CC(=O)OC(C)(C)CC(C(=O)OC(C(F)(F)F)C(F)(F)F)C(C)C(=O)OCC(F)(F)F. The summed E-state index contributed by atoms with van der Waals surface area (Å²) in [5, 5.41) is 0. The van der Waals surface area contributed by atoms with E-state index in [9.17, 15) is 53.9 Å². The van der Waals surface area contributed by atoms with Crippen molar-refractivity contribution in [3.63, 3.8) is 0 Å². The van der Waals surface area contributed by atoms with E-state index in [1.54, 1.807) is 0 Å². The van der Waals surface area contributed by atoms with Crippen LogP contribution in [0.2, 0.25) is 0 Å². The van der Waals surface area contributed by atoms with Crippen LogP contribution in [0, 0.1) is 11.8 Å². The Hall–Kier alpha value is -2.22. The lowest BCUT2D eigenvalue weighted by Gasteiger charge is -2.32. The maximum absolute atomic E-state index is 12.7. The topological polar surface area (TPSA) is 78.9 Å². The maximum Gasteiger partial charge on any atom is 0.434 e. The summed E-state index contributed by atoms with van der Waals surface area (Å²) in [6, 6.07) is 0. The van der Waals surface area contributed by atoms with Crippen molar-refractivity contribution in [1.29, 1.82) is 0 Å². The van der Waals surface area contributed by atoms with E-state index in [1.165, 1.54) is 0 Å². The van der Waals surface area contributed by atoms with Crippen LogP contribution in [0.25, 0.3) is 0 Å². The number of halogens is 9. The number of carbonyl (C=O) groups is 3. The third-order valence-electron chi connectivity index (χ3n) is 3.62. The van der Waals surface area contributed by atoms with Gasteiger partial charge in [0, 0.05) is 13.3 Å². The Balaban J connectivity index is 5.87. The largest absolute Gasteiger partial charge is 0.460 e. The van der Waals surface area contributed by atoms with E-state index in [-0.39, 0.29) is 0 Å². The second kappa shape index (κ2) is 9.94. The van der Waals surface area contributed by atoms with Crippen molar-refractivity contribution < 1.29 is 68.1 Å². The Labute approximate surface area is 170 Å². The predicted octanol–water partition coefficient (Wildman–Crippen LogP) is 4.11. The first-order chi connectivity index (χ1) is 13.6. The number of esters is 3. The van der Waals surface area contributed by atoms with Gasteiger partial charge in [0.05, 0.1) is 11.8 Å². The molecule has 2 unspecified atom stereocenters. The van der Waals surface area contributed by atoms with Crippen molar-refractivity contribution in [3.05, 3.63) is 0 Å². The van der Waals surface area contributed by atoms with Crippen molar-refractivity contribution >= 4 is 17.9 Å². The molecule has 0 saturated carbocycles. The molecule has 0 N–H and O–H groups in total. The Bertz CT molecular complexity index is 637. The van der Waals surface area contributed by atoms with Crippen LogP contribution in [-0.4, -0.2) is 54.7 Å². The van der Waals surface area contributed by atoms with E-state index in [0.717, 1.165) is 27.7 Å². The van der Waals surface area contributed by atoms with Crippen molar-refractivity contribution in [3.8, 4) is 0 Å². The number of alkyl halides is 9. The van der Waals surface area contributed by atoms with Gasteiger partial charge in [-0.2, -0.15) is 39.5 Å². The summed E-state index contributed by atoms with van der Waals surface area (Å²) in [4.78, 5) is 35.1. The third-order valence-corrected chi connectivity index (χ3v) is 3.62. The van der Waals surface area contributed by atoms with Gasteiger partial charge in [0.15, 0.2) is 6.61 Å². The highest BCUT2D eigenvalue weighted by molar-refractivity contribution is 5.82. The summed E-state index contributed by atoms with van der Waals surface area (Å²) in [6.45, 7) is 1.74. The number of hydrogen-bond donors (Lipinski definition) is 0. The highest BCUT2D eigenvalue weighted by Crippen LogP contribution is 2.37. The Morgan fingerprint density at radius 2 is 1.29 bits per heavy atom. The van der Waals surface area contributed by atoms with E-state index in [0.29, 0.717) is 0 Å². The predicted molar refractivity (Wildman–Crippen MR) is 82.1 cm³/mol. The van der Waals surface area contributed by atoms with Gasteiger partial charge in [0.25, 0.3) is 6.10 Å². The molecule has 0 aliphatic carbocycles. The molecule has 0 aliphatic heterocycles. The number of rotatable bonds is 8. The minimum Gasteiger partial charge on any atom is -0.460 e. The second-order valence-electron chi connectivity index (χ2n) is 7.08. The molecular formula is C16H19F9O6. The molecule has 0 heterocycles. The second-order valence-corrected chi connectivity index (χ2v) is 7.08. The van der Waals surface area contributed by atoms with Gasteiger partial charge in [-0.05, 0) is 13.8 Å². The van der Waals surface area contributed by atoms with E-state index in [4.69, 9.17) is 4.74 Å². The average molecular weight is 478 g/mol. The lowest BCUT2D eigenvalue weighted by Crippen LogP contribution is -2.48. The van der Waals surface area contributed by atoms with E-state index < -0.39 is 73.0 Å². The van der Waals surface area contributed by atoms with Gasteiger partial charge in [-0.25, -0.2) is 0 Å². The first-order valence-corrected chi connectivity index (χ1v) is 8.33. The standard InChI is InChI=1S/C16H19F9O6/c1-7(10(27)29-6-14(17,18)19)9(5-13(3,4)31-8(2)26)11(28)30-12(15(20,21)22)16(23,24)25/h7,9,12H,5-6H2,1-4H3. The highest BCUT2D eigenvalue weighted by atomic mass is 19.4. The summed E-state index contributed by atoms with van der Waals surface area (Å²) in [7, 11) is 0. The van der Waals surface area contributed by atoms with Crippen LogP contribution in [0.5, 0.6) is 0 Å². The van der Waals surface area contributed by atoms with Crippen LogP contribution >= 0.6 is 0 Å². The number of ether oxygens (including phenoxy) is 3. The van der Waals surface area contributed by atoms with Gasteiger partial charge in [-0.1, -0.05) is 6.92 Å². The molecule has 2 atom stereocenters. The fourth-order valence-electron chi connectivity index (χ4n) is 2.40. The van der Waals surface area contributed by atoms with Crippen LogP contribution in [0.3, 0.4) is 0 Å². The van der Waals surface area contributed by atoms with Crippen molar-refractivity contribution in [1.82, 2.24) is 0 Å². The zero-order valence-corrected chi connectivity index (χ0v) is 16.5. The molecule has 182 valence electrons. The first-order valence-electron chi connectivity index (χ1n) is 8.33. The normalized spacial score (nSPS) is 15.3. The zero-order chi connectivity index (χ0) is 25.0. The Kier molecular flexibility index (Phi) is 9.22. The molecule has 0 spiro atoms. The fourth-order valence-corrected chi connectivity index (χ4v) is 2.40. The molecule has 0 fully saturated rings. The molecular weight excluding hydrogens is 459 g/mol. The monoisotopic (exact) mass is 478 g/mol. The van der Waals surface area contributed by atoms with E-state index in [2.05, 4.69) is 9.47 Å². The summed E-state index contributed by atoms with van der Waals surface area (Å²) in [6.07, 6.45) is -22.5. The summed E-state index contributed by atoms with van der Waals surface area (Å²) in [5.41, 5.74) is -1.72. The molecule has 6 nitrogen and oxygen atoms in total. The molecule has 0 aromatic rings. The van der Waals surface area contributed by atoms with Gasteiger partial charge < -0.3 is 14.2 Å². The lowest BCUT2D eigenvalue weighted by molar-refractivity contribution is -0.314. The van der Waals surface area contributed by atoms with Gasteiger partial charge in [0.2, 0.25) is 0 Å². The van der Waals surface area contributed by atoms with Crippen molar-refractivity contribution in [2.75, 3.05) is 6.61 Å². The van der Waals surface area contributed by atoms with Crippen LogP contribution in [-0.2, 0) is 28.6 Å². The molecule has 0 aromatic carbocycles. The molecule has 0 rings (SSSR count). The van der Waals surface area contributed by atoms with Crippen LogP contribution in [0.15, 0.2) is 0 Å². The Morgan fingerprint density at radius 1 is 0.839 bits per heavy atom.